The van der Waals surface area contributed by atoms with Crippen LogP contribution in [0.1, 0.15) is 31.1 Å². The van der Waals surface area contributed by atoms with Gasteiger partial charge in [0.15, 0.2) is 0 Å². The summed E-state index contributed by atoms with van der Waals surface area (Å²) in [5, 5.41) is 1.15. The van der Waals surface area contributed by atoms with Gasteiger partial charge in [0.05, 0.1) is 6.04 Å². The molecule has 0 spiro atoms. The van der Waals surface area contributed by atoms with Gasteiger partial charge in [-0.1, -0.05) is 31.0 Å². The first kappa shape index (κ1) is 8.98. The van der Waals surface area contributed by atoms with Gasteiger partial charge >= 0.3 is 0 Å². The van der Waals surface area contributed by atoms with E-state index in [1.165, 1.54) is 12.8 Å². The Morgan fingerprint density at radius 1 is 1.33 bits per heavy atom. The van der Waals surface area contributed by atoms with Gasteiger partial charge in [-0.05, 0) is 24.5 Å². The fourth-order valence-corrected chi connectivity index (χ4v) is 2.01. The van der Waals surface area contributed by atoms with E-state index in [-0.39, 0.29) is 6.04 Å². The minimum atomic E-state index is 0.0740. The summed E-state index contributed by atoms with van der Waals surface area (Å²) in [7, 11) is 0. The minimum absolute atomic E-state index is 0.0740. The van der Waals surface area contributed by atoms with Gasteiger partial charge in [0.2, 0.25) is 0 Å². The molecular formula is C13H15NO. The maximum Gasteiger partial charge on any atom is 0.134 e. The second-order valence-corrected chi connectivity index (χ2v) is 4.47. The minimum Gasteiger partial charge on any atom is -0.459 e. The van der Waals surface area contributed by atoms with Crippen molar-refractivity contribution < 1.29 is 4.42 Å². The van der Waals surface area contributed by atoms with Crippen LogP contribution in [0.4, 0.5) is 0 Å². The highest BCUT2D eigenvalue weighted by Crippen LogP contribution is 2.37. The van der Waals surface area contributed by atoms with Gasteiger partial charge in [0.25, 0.3) is 0 Å². The maximum absolute atomic E-state index is 6.11. The van der Waals surface area contributed by atoms with E-state index in [1.54, 1.807) is 0 Å². The first-order valence-electron chi connectivity index (χ1n) is 5.57. The van der Waals surface area contributed by atoms with E-state index in [2.05, 4.69) is 12.1 Å². The lowest BCUT2D eigenvalue weighted by Gasteiger charge is -2.06. The van der Waals surface area contributed by atoms with E-state index < -0.39 is 0 Å². The van der Waals surface area contributed by atoms with Crippen LogP contribution in [0.15, 0.2) is 34.7 Å². The molecule has 2 N–H and O–H groups in total. The predicted octanol–water partition coefficient (Wildman–Crippen LogP) is 3.23. The summed E-state index contributed by atoms with van der Waals surface area (Å²) in [6.45, 7) is 0. The molecule has 78 valence electrons. The lowest BCUT2D eigenvalue weighted by Crippen LogP contribution is -2.09. The number of rotatable bonds is 3. The molecule has 0 aliphatic heterocycles. The highest BCUT2D eigenvalue weighted by Gasteiger charge is 2.25. The molecule has 1 aromatic heterocycles. The molecule has 2 aromatic rings. The van der Waals surface area contributed by atoms with Crippen molar-refractivity contribution in [3.63, 3.8) is 0 Å². The Kier molecular flexibility index (Phi) is 2.03. The lowest BCUT2D eigenvalue weighted by atomic mass is 10.1. The number of hydrogen-bond donors (Lipinski definition) is 1. The van der Waals surface area contributed by atoms with Crippen LogP contribution in [0.5, 0.6) is 0 Å². The van der Waals surface area contributed by atoms with Crippen LogP contribution in [-0.4, -0.2) is 0 Å². The molecule has 0 bridgehead atoms. The number of nitrogens with two attached hydrogens (primary N) is 1. The highest BCUT2D eigenvalue weighted by molar-refractivity contribution is 5.77. The molecule has 1 heterocycles. The molecule has 15 heavy (non-hydrogen) atoms. The molecule has 0 amide bonds. The van der Waals surface area contributed by atoms with E-state index in [4.69, 9.17) is 10.2 Å². The third-order valence-corrected chi connectivity index (χ3v) is 3.09. The van der Waals surface area contributed by atoms with Gasteiger partial charge in [-0.25, -0.2) is 0 Å². The number of furan rings is 1. The number of hydrogen-bond acceptors (Lipinski definition) is 2. The van der Waals surface area contributed by atoms with Crippen LogP contribution in [0, 0.1) is 5.92 Å². The molecule has 1 fully saturated rings. The van der Waals surface area contributed by atoms with Crippen LogP contribution in [0.25, 0.3) is 11.0 Å². The summed E-state index contributed by atoms with van der Waals surface area (Å²) in [6.07, 6.45) is 3.75. The second kappa shape index (κ2) is 3.38. The second-order valence-electron chi connectivity index (χ2n) is 4.47. The summed E-state index contributed by atoms with van der Waals surface area (Å²) in [6, 6.07) is 10.2. The molecule has 1 aliphatic carbocycles. The van der Waals surface area contributed by atoms with Crippen molar-refractivity contribution in [1.82, 2.24) is 0 Å². The first-order chi connectivity index (χ1) is 7.33. The van der Waals surface area contributed by atoms with Gasteiger partial charge in [-0.3, -0.25) is 0 Å². The zero-order valence-electron chi connectivity index (χ0n) is 8.65. The SMILES string of the molecule is N[C@@H](CC1CC1)c1cc2ccccc2o1. The molecule has 1 atom stereocenters. The van der Waals surface area contributed by atoms with Crippen molar-refractivity contribution in [2.24, 2.45) is 11.7 Å². The standard InChI is InChI=1S/C13H15NO/c14-11(7-9-5-6-9)13-8-10-3-1-2-4-12(10)15-13/h1-4,8-9,11H,5-7,14H2/t11-/m0/s1. The van der Waals surface area contributed by atoms with Crippen molar-refractivity contribution in [1.29, 1.82) is 0 Å². The quantitative estimate of drug-likeness (QED) is 0.828. The Morgan fingerprint density at radius 3 is 2.87 bits per heavy atom. The zero-order valence-corrected chi connectivity index (χ0v) is 8.65. The predicted molar refractivity (Wildman–Crippen MR) is 60.5 cm³/mol. The van der Waals surface area contributed by atoms with Crippen LogP contribution in [0.3, 0.4) is 0 Å². The molecular weight excluding hydrogens is 186 g/mol. The molecule has 1 saturated carbocycles. The molecule has 0 unspecified atom stereocenters. The monoisotopic (exact) mass is 201 g/mol. The Bertz CT molecular complexity index is 437. The topological polar surface area (TPSA) is 39.2 Å². The summed E-state index contributed by atoms with van der Waals surface area (Å²) in [5.74, 6) is 1.77. The van der Waals surface area contributed by atoms with Crippen molar-refractivity contribution in [3.8, 4) is 0 Å². The fourth-order valence-electron chi connectivity index (χ4n) is 2.01. The molecule has 0 radical (unpaired) electrons. The van der Waals surface area contributed by atoms with Crippen LogP contribution < -0.4 is 5.73 Å². The van der Waals surface area contributed by atoms with E-state index in [9.17, 15) is 0 Å². The van der Waals surface area contributed by atoms with Crippen molar-refractivity contribution >= 4 is 11.0 Å². The number of fused-ring (bicyclic) bond motifs is 1. The van der Waals surface area contributed by atoms with Crippen molar-refractivity contribution in [2.45, 2.75) is 25.3 Å². The Hall–Kier alpha value is -1.28. The Labute approximate surface area is 89.1 Å². The van der Waals surface area contributed by atoms with E-state index in [0.29, 0.717) is 0 Å². The van der Waals surface area contributed by atoms with Crippen LogP contribution in [0.2, 0.25) is 0 Å². The number of benzene rings is 1. The largest absolute Gasteiger partial charge is 0.459 e. The van der Waals surface area contributed by atoms with E-state index in [0.717, 1.165) is 29.1 Å². The van der Waals surface area contributed by atoms with Crippen molar-refractivity contribution in [3.05, 3.63) is 36.1 Å². The first-order valence-corrected chi connectivity index (χ1v) is 5.57. The third-order valence-electron chi connectivity index (χ3n) is 3.09. The molecule has 2 heteroatoms. The van der Waals surface area contributed by atoms with Gasteiger partial charge in [0.1, 0.15) is 11.3 Å². The summed E-state index contributed by atoms with van der Waals surface area (Å²) in [5.41, 5.74) is 7.05. The summed E-state index contributed by atoms with van der Waals surface area (Å²) in [4.78, 5) is 0. The Balaban J connectivity index is 1.89. The van der Waals surface area contributed by atoms with Gasteiger partial charge < -0.3 is 10.2 Å². The highest BCUT2D eigenvalue weighted by atomic mass is 16.3. The summed E-state index contributed by atoms with van der Waals surface area (Å²) < 4.78 is 5.73. The van der Waals surface area contributed by atoms with E-state index in [1.807, 2.05) is 18.2 Å². The number of para-hydroxylation sites is 1. The van der Waals surface area contributed by atoms with Crippen LogP contribution in [-0.2, 0) is 0 Å². The van der Waals surface area contributed by atoms with Crippen LogP contribution >= 0.6 is 0 Å². The third kappa shape index (κ3) is 1.77. The Morgan fingerprint density at radius 2 is 2.13 bits per heavy atom. The van der Waals surface area contributed by atoms with Crippen molar-refractivity contribution in [2.75, 3.05) is 0 Å². The smallest absolute Gasteiger partial charge is 0.134 e. The average Bonchev–Trinajstić information content (AvgIpc) is 2.95. The zero-order chi connectivity index (χ0) is 10.3. The molecule has 0 saturated heterocycles. The lowest BCUT2D eigenvalue weighted by molar-refractivity contribution is 0.463. The fraction of sp³-hybridized carbons (Fsp3) is 0.385. The maximum atomic E-state index is 6.11. The molecule has 1 aliphatic rings. The molecule has 2 nitrogen and oxygen atoms in total. The van der Waals surface area contributed by atoms with Gasteiger partial charge in [-0.15, -0.1) is 0 Å². The van der Waals surface area contributed by atoms with Gasteiger partial charge in [-0.2, -0.15) is 0 Å². The molecule has 1 aromatic carbocycles. The van der Waals surface area contributed by atoms with E-state index >= 15 is 0 Å². The average molecular weight is 201 g/mol. The molecule has 3 rings (SSSR count). The summed E-state index contributed by atoms with van der Waals surface area (Å²) >= 11 is 0. The van der Waals surface area contributed by atoms with Gasteiger partial charge in [0, 0.05) is 5.39 Å². The normalized spacial score (nSPS) is 18.2.